The summed E-state index contributed by atoms with van der Waals surface area (Å²) in [5.74, 6) is -1.73. The van der Waals surface area contributed by atoms with Crippen LogP contribution < -0.4 is 11.1 Å². The fraction of sp³-hybridized carbons (Fsp3) is 0.611. The Morgan fingerprint density at radius 2 is 1.81 bits per heavy atom. The molecule has 0 unspecified atom stereocenters. The van der Waals surface area contributed by atoms with Crippen molar-refractivity contribution >= 4 is 30.7 Å². The lowest BCUT2D eigenvalue weighted by Gasteiger charge is -2.36. The van der Waals surface area contributed by atoms with Crippen molar-refractivity contribution in [2.24, 2.45) is 5.73 Å². The van der Waals surface area contributed by atoms with Gasteiger partial charge in [-0.2, -0.15) is 0 Å². The maximum atomic E-state index is 13.3. The van der Waals surface area contributed by atoms with Crippen LogP contribution in [-0.2, 0) is 16.1 Å². The van der Waals surface area contributed by atoms with Gasteiger partial charge in [0.15, 0.2) is 11.6 Å². The van der Waals surface area contributed by atoms with E-state index in [2.05, 4.69) is 10.2 Å². The van der Waals surface area contributed by atoms with Crippen LogP contribution in [0.5, 0.6) is 0 Å². The van der Waals surface area contributed by atoms with Crippen molar-refractivity contribution in [2.75, 3.05) is 26.3 Å². The zero-order valence-corrected chi connectivity index (χ0v) is 16.7. The minimum absolute atomic E-state index is 0. The molecule has 3 N–H and O–H groups in total. The SMILES string of the molecule is Cl.Cl.NC1(C(=O)NC2CCN(Cc3ccc(F)c(F)c3)CC2)CCOCC1. The maximum absolute atomic E-state index is 13.3. The fourth-order valence-electron chi connectivity index (χ4n) is 3.42. The van der Waals surface area contributed by atoms with Crippen LogP contribution in [0.15, 0.2) is 18.2 Å². The van der Waals surface area contributed by atoms with Crippen molar-refractivity contribution in [1.29, 1.82) is 0 Å². The number of hydrogen-bond acceptors (Lipinski definition) is 4. The Balaban J connectivity index is 0.00000182. The van der Waals surface area contributed by atoms with Gasteiger partial charge in [0.05, 0.1) is 5.54 Å². The molecule has 1 aromatic rings. The average molecular weight is 426 g/mol. The summed E-state index contributed by atoms with van der Waals surface area (Å²) in [7, 11) is 0. The van der Waals surface area contributed by atoms with Crippen molar-refractivity contribution in [3.8, 4) is 0 Å². The van der Waals surface area contributed by atoms with E-state index >= 15 is 0 Å². The highest BCUT2D eigenvalue weighted by molar-refractivity contribution is 5.86. The van der Waals surface area contributed by atoms with Crippen LogP contribution >= 0.6 is 24.8 Å². The zero-order valence-electron chi connectivity index (χ0n) is 15.1. The van der Waals surface area contributed by atoms with Gasteiger partial charge in [-0.05, 0) is 43.4 Å². The molecule has 1 amide bonds. The monoisotopic (exact) mass is 425 g/mol. The lowest BCUT2D eigenvalue weighted by atomic mass is 9.89. The van der Waals surface area contributed by atoms with Crippen LogP contribution in [-0.4, -0.2) is 48.7 Å². The minimum atomic E-state index is -0.825. The first-order chi connectivity index (χ1) is 12.0. The summed E-state index contributed by atoms with van der Waals surface area (Å²) in [5, 5.41) is 3.07. The number of hydrogen-bond donors (Lipinski definition) is 2. The summed E-state index contributed by atoms with van der Waals surface area (Å²) in [6.07, 6.45) is 2.74. The molecular formula is C18H27Cl2F2N3O2. The zero-order chi connectivity index (χ0) is 17.9. The average Bonchev–Trinajstić information content (AvgIpc) is 2.60. The first kappa shape index (κ1) is 24.0. The Bertz CT molecular complexity index is 623. The van der Waals surface area contributed by atoms with Gasteiger partial charge in [0.25, 0.3) is 0 Å². The smallest absolute Gasteiger partial charge is 0.240 e. The number of carbonyl (C=O) groups is 1. The molecule has 0 atom stereocenters. The summed E-state index contributed by atoms with van der Waals surface area (Å²) >= 11 is 0. The molecule has 0 aliphatic carbocycles. The van der Waals surface area contributed by atoms with Crippen LogP contribution in [0.4, 0.5) is 8.78 Å². The number of ether oxygens (including phenoxy) is 1. The predicted molar refractivity (Wildman–Crippen MR) is 104 cm³/mol. The van der Waals surface area contributed by atoms with Gasteiger partial charge in [-0.1, -0.05) is 6.07 Å². The van der Waals surface area contributed by atoms with E-state index in [1.54, 1.807) is 6.07 Å². The molecule has 2 aliphatic rings. The molecule has 1 aromatic carbocycles. The quantitative estimate of drug-likeness (QED) is 0.776. The van der Waals surface area contributed by atoms with Gasteiger partial charge in [0.1, 0.15) is 0 Å². The van der Waals surface area contributed by atoms with Gasteiger partial charge >= 0.3 is 0 Å². The Hall–Kier alpha value is -0.990. The highest BCUT2D eigenvalue weighted by Crippen LogP contribution is 2.20. The lowest BCUT2D eigenvalue weighted by molar-refractivity contribution is -0.130. The van der Waals surface area contributed by atoms with Crippen LogP contribution in [0.2, 0.25) is 0 Å². The second kappa shape index (κ2) is 10.5. The molecule has 0 saturated carbocycles. The van der Waals surface area contributed by atoms with E-state index in [-0.39, 0.29) is 36.8 Å². The molecule has 2 aliphatic heterocycles. The molecule has 9 heteroatoms. The molecule has 0 aromatic heterocycles. The first-order valence-corrected chi connectivity index (χ1v) is 8.80. The number of amides is 1. The number of nitrogens with zero attached hydrogens (tertiary/aromatic N) is 1. The van der Waals surface area contributed by atoms with Gasteiger partial charge in [-0.25, -0.2) is 8.78 Å². The number of piperidine rings is 1. The molecule has 0 radical (unpaired) electrons. The van der Waals surface area contributed by atoms with Crippen molar-refractivity contribution in [2.45, 2.75) is 43.8 Å². The Labute approximate surface area is 170 Å². The Morgan fingerprint density at radius 1 is 1.19 bits per heavy atom. The summed E-state index contributed by atoms with van der Waals surface area (Å²) in [6.45, 7) is 3.22. The van der Waals surface area contributed by atoms with Gasteiger partial charge in [0, 0.05) is 38.9 Å². The molecule has 2 heterocycles. The number of rotatable bonds is 4. The number of benzene rings is 1. The van der Waals surface area contributed by atoms with E-state index in [9.17, 15) is 13.6 Å². The van der Waals surface area contributed by atoms with E-state index in [1.165, 1.54) is 6.07 Å². The summed E-state index contributed by atoms with van der Waals surface area (Å²) in [4.78, 5) is 14.6. The molecule has 3 rings (SSSR count). The molecule has 5 nitrogen and oxygen atoms in total. The van der Waals surface area contributed by atoms with Gasteiger partial charge in [-0.15, -0.1) is 24.8 Å². The van der Waals surface area contributed by atoms with E-state index in [0.29, 0.717) is 32.6 Å². The van der Waals surface area contributed by atoms with E-state index in [4.69, 9.17) is 10.5 Å². The van der Waals surface area contributed by atoms with Crippen molar-refractivity contribution < 1.29 is 18.3 Å². The van der Waals surface area contributed by atoms with Crippen LogP contribution in [0, 0.1) is 11.6 Å². The number of carbonyl (C=O) groups excluding carboxylic acids is 1. The lowest BCUT2D eigenvalue weighted by Crippen LogP contribution is -2.59. The second-order valence-corrected chi connectivity index (χ2v) is 7.04. The number of halogens is 4. The second-order valence-electron chi connectivity index (χ2n) is 7.04. The fourth-order valence-corrected chi connectivity index (χ4v) is 3.42. The van der Waals surface area contributed by atoms with Crippen LogP contribution in [0.25, 0.3) is 0 Å². The predicted octanol–water partition coefficient (Wildman–Crippen LogP) is 2.40. The third-order valence-electron chi connectivity index (χ3n) is 5.15. The van der Waals surface area contributed by atoms with Crippen molar-refractivity contribution in [3.05, 3.63) is 35.4 Å². The molecule has 0 spiro atoms. The topological polar surface area (TPSA) is 67.6 Å². The molecule has 0 bridgehead atoms. The summed E-state index contributed by atoms with van der Waals surface area (Å²) in [6, 6.07) is 4.12. The van der Waals surface area contributed by atoms with E-state index < -0.39 is 17.2 Å². The molecule has 2 saturated heterocycles. The summed E-state index contributed by atoms with van der Waals surface area (Å²) < 4.78 is 31.6. The standard InChI is InChI=1S/C18H25F2N3O2.2ClH/c19-15-2-1-13(11-16(15)20)12-23-7-3-14(4-8-23)22-17(24)18(21)5-9-25-10-6-18;;/h1-2,11,14H,3-10,12,21H2,(H,22,24);2*1H. The van der Waals surface area contributed by atoms with Gasteiger partial charge in [0.2, 0.25) is 5.91 Å². The third-order valence-corrected chi connectivity index (χ3v) is 5.15. The first-order valence-electron chi connectivity index (χ1n) is 8.80. The van der Waals surface area contributed by atoms with Gasteiger partial charge < -0.3 is 15.8 Å². The van der Waals surface area contributed by atoms with E-state index in [1.807, 2.05) is 0 Å². The van der Waals surface area contributed by atoms with Crippen molar-refractivity contribution in [1.82, 2.24) is 10.2 Å². The molecule has 154 valence electrons. The number of nitrogens with one attached hydrogen (secondary N) is 1. The summed E-state index contributed by atoms with van der Waals surface area (Å²) in [5.41, 5.74) is 6.14. The maximum Gasteiger partial charge on any atom is 0.240 e. The van der Waals surface area contributed by atoms with Crippen molar-refractivity contribution in [3.63, 3.8) is 0 Å². The molecule has 2 fully saturated rings. The number of likely N-dealkylation sites (tertiary alicyclic amines) is 1. The highest BCUT2D eigenvalue weighted by Gasteiger charge is 2.37. The normalized spacial score (nSPS) is 20.3. The van der Waals surface area contributed by atoms with Crippen LogP contribution in [0.3, 0.4) is 0 Å². The third kappa shape index (κ3) is 6.26. The molecular weight excluding hydrogens is 399 g/mol. The van der Waals surface area contributed by atoms with E-state index in [0.717, 1.165) is 37.6 Å². The minimum Gasteiger partial charge on any atom is -0.381 e. The van der Waals surface area contributed by atoms with Crippen LogP contribution in [0.1, 0.15) is 31.2 Å². The largest absolute Gasteiger partial charge is 0.381 e. The van der Waals surface area contributed by atoms with Gasteiger partial charge in [-0.3, -0.25) is 9.69 Å². The highest BCUT2D eigenvalue weighted by atomic mass is 35.5. The Morgan fingerprint density at radius 3 is 2.41 bits per heavy atom. The molecule has 27 heavy (non-hydrogen) atoms. The number of nitrogens with two attached hydrogens (primary N) is 1. The Kier molecular flexibility index (Phi) is 9.38.